The van der Waals surface area contributed by atoms with Crippen LogP contribution in [0.1, 0.15) is 67.1 Å². The number of thiazole rings is 1. The van der Waals surface area contributed by atoms with E-state index in [1.165, 1.54) is 54.6 Å². The number of hydrogen-bond donors (Lipinski definition) is 0. The summed E-state index contributed by atoms with van der Waals surface area (Å²) in [6.45, 7) is 7.18. The maximum absolute atomic E-state index is 9.71. The first-order chi connectivity index (χ1) is 15.6. The number of ether oxygens (including phenoxy) is 1. The molecule has 0 radical (unpaired) electrons. The number of hydrogen-bond acceptors (Lipinski definition) is 4. The van der Waals surface area contributed by atoms with Gasteiger partial charge in [-0.1, -0.05) is 74.9 Å². The molecular weight excluding hydrogens is 412 g/mol. The van der Waals surface area contributed by atoms with Gasteiger partial charge in [0, 0.05) is 10.9 Å². The van der Waals surface area contributed by atoms with Gasteiger partial charge >= 0.3 is 0 Å². The Morgan fingerprint density at radius 3 is 2.50 bits per heavy atom. The molecule has 0 spiro atoms. The number of unbranched alkanes of at least 4 members (excludes halogenated alkanes) is 5. The molecule has 2 aromatic carbocycles. The monoisotopic (exact) mass is 444 g/mol. The van der Waals surface area contributed by atoms with Crippen molar-refractivity contribution in [2.45, 2.75) is 59.3 Å². The molecule has 0 aliphatic rings. The van der Waals surface area contributed by atoms with Crippen molar-refractivity contribution in [2.24, 2.45) is 0 Å². The average Bonchev–Trinajstić information content (AvgIpc) is 3.27. The average molecular weight is 445 g/mol. The molecule has 0 aliphatic carbocycles. The van der Waals surface area contributed by atoms with Crippen LogP contribution < -0.4 is 4.74 Å². The summed E-state index contributed by atoms with van der Waals surface area (Å²) in [7, 11) is 0. The van der Waals surface area contributed by atoms with Gasteiger partial charge in [0.2, 0.25) is 0 Å². The zero-order chi connectivity index (χ0) is 22.8. The third-order valence-corrected chi connectivity index (χ3v) is 6.35. The van der Waals surface area contributed by atoms with Crippen LogP contribution in [0.2, 0.25) is 0 Å². The molecule has 166 valence electrons. The molecule has 4 heteroatoms. The molecule has 0 amide bonds. The Balaban J connectivity index is 1.61. The second kappa shape index (κ2) is 12.2. The molecule has 0 unspecified atom stereocenters. The van der Waals surface area contributed by atoms with Gasteiger partial charge in [0.15, 0.2) is 0 Å². The van der Waals surface area contributed by atoms with Crippen molar-refractivity contribution >= 4 is 23.0 Å². The molecule has 0 bridgehead atoms. The predicted molar refractivity (Wildman–Crippen MR) is 136 cm³/mol. The minimum Gasteiger partial charge on any atom is -0.494 e. The molecule has 0 saturated carbocycles. The SMILES string of the molecule is CCCCCCCCOc1ccc(/C=C(\C#N)c2nc(-c3ccc(C)cc3C)cs2)cc1. The fourth-order valence-corrected chi connectivity index (χ4v) is 4.45. The Morgan fingerprint density at radius 1 is 1.03 bits per heavy atom. The lowest BCUT2D eigenvalue weighted by Gasteiger charge is -2.06. The van der Waals surface area contributed by atoms with Crippen LogP contribution in [0.4, 0.5) is 0 Å². The van der Waals surface area contributed by atoms with E-state index in [0.717, 1.165) is 40.6 Å². The zero-order valence-electron chi connectivity index (χ0n) is 19.4. The summed E-state index contributed by atoms with van der Waals surface area (Å²) in [5.74, 6) is 0.876. The number of nitriles is 1. The molecule has 0 aliphatic heterocycles. The van der Waals surface area contributed by atoms with Gasteiger partial charge in [-0.25, -0.2) is 4.98 Å². The van der Waals surface area contributed by atoms with Crippen LogP contribution in [0.3, 0.4) is 0 Å². The quantitative estimate of drug-likeness (QED) is 0.221. The van der Waals surface area contributed by atoms with Gasteiger partial charge in [0.1, 0.15) is 16.8 Å². The summed E-state index contributed by atoms with van der Waals surface area (Å²) >= 11 is 1.51. The minimum atomic E-state index is 0.576. The molecule has 32 heavy (non-hydrogen) atoms. The topological polar surface area (TPSA) is 45.9 Å². The van der Waals surface area contributed by atoms with E-state index in [1.807, 2.05) is 35.7 Å². The van der Waals surface area contributed by atoms with E-state index in [0.29, 0.717) is 5.57 Å². The van der Waals surface area contributed by atoms with Crippen LogP contribution >= 0.6 is 11.3 Å². The van der Waals surface area contributed by atoms with Gasteiger partial charge in [-0.15, -0.1) is 11.3 Å². The van der Waals surface area contributed by atoms with Crippen molar-refractivity contribution in [3.05, 3.63) is 69.5 Å². The van der Waals surface area contributed by atoms with Crippen molar-refractivity contribution in [2.75, 3.05) is 6.61 Å². The van der Waals surface area contributed by atoms with E-state index in [1.54, 1.807) is 0 Å². The van der Waals surface area contributed by atoms with Gasteiger partial charge in [-0.3, -0.25) is 0 Å². The Morgan fingerprint density at radius 2 is 1.78 bits per heavy atom. The van der Waals surface area contributed by atoms with Gasteiger partial charge in [-0.2, -0.15) is 5.26 Å². The molecule has 0 saturated heterocycles. The van der Waals surface area contributed by atoms with Crippen LogP contribution in [0.5, 0.6) is 5.75 Å². The molecule has 3 rings (SSSR count). The Labute approximate surface area is 196 Å². The van der Waals surface area contributed by atoms with E-state index in [4.69, 9.17) is 9.72 Å². The van der Waals surface area contributed by atoms with Crippen molar-refractivity contribution in [3.63, 3.8) is 0 Å². The molecule has 1 aromatic heterocycles. The molecule has 1 heterocycles. The summed E-state index contributed by atoms with van der Waals surface area (Å²) < 4.78 is 5.86. The summed E-state index contributed by atoms with van der Waals surface area (Å²) in [5, 5.41) is 12.5. The molecule has 3 aromatic rings. The molecular formula is C28H32N2OS. The number of benzene rings is 2. The highest BCUT2D eigenvalue weighted by atomic mass is 32.1. The zero-order valence-corrected chi connectivity index (χ0v) is 20.2. The van der Waals surface area contributed by atoms with Crippen molar-refractivity contribution < 1.29 is 4.74 Å². The first kappa shape index (κ1) is 23.8. The highest BCUT2D eigenvalue weighted by Crippen LogP contribution is 2.29. The summed E-state index contributed by atoms with van der Waals surface area (Å²) in [6.07, 6.45) is 9.43. The van der Waals surface area contributed by atoms with E-state index >= 15 is 0 Å². The molecule has 0 fully saturated rings. The fraction of sp³-hybridized carbons (Fsp3) is 0.357. The molecule has 0 N–H and O–H groups in total. The second-order valence-electron chi connectivity index (χ2n) is 8.21. The lowest BCUT2D eigenvalue weighted by Crippen LogP contribution is -1.97. The maximum atomic E-state index is 9.71. The highest BCUT2D eigenvalue weighted by molar-refractivity contribution is 7.11. The Bertz CT molecular complexity index is 1070. The first-order valence-electron chi connectivity index (χ1n) is 11.5. The van der Waals surface area contributed by atoms with E-state index in [2.05, 4.69) is 45.0 Å². The lowest BCUT2D eigenvalue weighted by atomic mass is 10.0. The molecule has 0 atom stereocenters. The number of aryl methyl sites for hydroxylation is 2. The van der Waals surface area contributed by atoms with Crippen LogP contribution in [-0.2, 0) is 0 Å². The van der Waals surface area contributed by atoms with Crippen molar-refractivity contribution in [1.82, 2.24) is 4.98 Å². The normalized spacial score (nSPS) is 11.4. The smallest absolute Gasteiger partial charge is 0.134 e. The number of allylic oxidation sites excluding steroid dienone is 1. The third kappa shape index (κ3) is 6.80. The van der Waals surface area contributed by atoms with Crippen molar-refractivity contribution in [3.8, 4) is 23.1 Å². The van der Waals surface area contributed by atoms with Crippen LogP contribution in [-0.4, -0.2) is 11.6 Å². The number of rotatable bonds is 11. The Hall–Kier alpha value is -2.90. The van der Waals surface area contributed by atoms with Gasteiger partial charge in [0.25, 0.3) is 0 Å². The molecule has 3 nitrogen and oxygen atoms in total. The largest absolute Gasteiger partial charge is 0.494 e. The minimum absolute atomic E-state index is 0.576. The highest BCUT2D eigenvalue weighted by Gasteiger charge is 2.11. The Kier molecular flexibility index (Phi) is 9.07. The van der Waals surface area contributed by atoms with Crippen LogP contribution in [0, 0.1) is 25.2 Å². The fourth-order valence-electron chi connectivity index (χ4n) is 3.66. The van der Waals surface area contributed by atoms with Gasteiger partial charge < -0.3 is 4.74 Å². The second-order valence-corrected chi connectivity index (χ2v) is 9.07. The van der Waals surface area contributed by atoms with E-state index < -0.39 is 0 Å². The van der Waals surface area contributed by atoms with Crippen LogP contribution in [0.25, 0.3) is 22.9 Å². The number of aromatic nitrogens is 1. The van der Waals surface area contributed by atoms with E-state index in [-0.39, 0.29) is 0 Å². The predicted octanol–water partition coefficient (Wildman–Crippen LogP) is 8.23. The van der Waals surface area contributed by atoms with Gasteiger partial charge in [-0.05, 0) is 49.6 Å². The summed E-state index contributed by atoms with van der Waals surface area (Å²) in [4.78, 5) is 4.74. The maximum Gasteiger partial charge on any atom is 0.134 e. The summed E-state index contributed by atoms with van der Waals surface area (Å²) in [5.41, 5.74) is 6.01. The number of nitrogens with zero attached hydrogens (tertiary/aromatic N) is 2. The van der Waals surface area contributed by atoms with Gasteiger partial charge in [0.05, 0.1) is 17.9 Å². The standard InChI is InChI=1S/C28H32N2OS/c1-4-5-6-7-8-9-16-31-25-13-11-23(12-14-25)18-24(19-29)28-30-27(20-32-28)26-15-10-21(2)17-22(26)3/h10-15,17-18,20H,4-9,16H2,1-3H3/b24-18+. The summed E-state index contributed by atoms with van der Waals surface area (Å²) in [6, 6.07) is 16.6. The lowest BCUT2D eigenvalue weighted by molar-refractivity contribution is 0.304. The van der Waals surface area contributed by atoms with Crippen molar-refractivity contribution in [1.29, 1.82) is 5.26 Å². The first-order valence-corrected chi connectivity index (χ1v) is 12.4. The third-order valence-electron chi connectivity index (χ3n) is 5.47. The van der Waals surface area contributed by atoms with Crippen LogP contribution in [0.15, 0.2) is 47.8 Å². The van der Waals surface area contributed by atoms with E-state index in [9.17, 15) is 5.26 Å².